The molecule has 1 aromatic heterocycles. The molecule has 3 N–H and O–H groups in total. The summed E-state index contributed by atoms with van der Waals surface area (Å²) in [6.45, 7) is 6.87. The zero-order valence-corrected chi connectivity index (χ0v) is 37.9. The third kappa shape index (κ3) is 10.2. The Hall–Kier alpha value is -7.07. The van der Waals surface area contributed by atoms with E-state index in [1.54, 1.807) is 17.0 Å². The highest BCUT2D eigenvalue weighted by atomic mass is 19.4. The molecule has 364 valence electrons. The highest BCUT2D eigenvalue weighted by Crippen LogP contribution is 2.38. The first-order chi connectivity index (χ1) is 32.9. The first-order valence-electron chi connectivity index (χ1n) is 22.4. The number of hydrogen-bond donors (Lipinski definition) is 3. The van der Waals surface area contributed by atoms with E-state index < -0.39 is 64.5 Å². The Kier molecular flexibility index (Phi) is 13.9. The fourth-order valence-electron chi connectivity index (χ4n) is 9.00. The van der Waals surface area contributed by atoms with Gasteiger partial charge in [0.2, 0.25) is 23.7 Å². The van der Waals surface area contributed by atoms with Crippen molar-refractivity contribution in [3.05, 3.63) is 94.8 Å². The van der Waals surface area contributed by atoms with Crippen LogP contribution in [0.15, 0.2) is 60.9 Å². The van der Waals surface area contributed by atoms with Gasteiger partial charge in [-0.15, -0.1) is 0 Å². The number of anilines is 4. The van der Waals surface area contributed by atoms with E-state index in [2.05, 4.69) is 30.8 Å². The van der Waals surface area contributed by atoms with Crippen LogP contribution in [0, 0.1) is 11.6 Å². The van der Waals surface area contributed by atoms with Gasteiger partial charge >= 0.3 is 6.18 Å². The van der Waals surface area contributed by atoms with Gasteiger partial charge in [-0.25, -0.2) is 18.7 Å². The summed E-state index contributed by atoms with van der Waals surface area (Å²) in [4.78, 5) is 94.4. The molecule has 0 saturated carbocycles. The van der Waals surface area contributed by atoms with Crippen molar-refractivity contribution >= 4 is 58.5 Å². The Morgan fingerprint density at radius 3 is 2.25 bits per heavy atom. The molecular weight excluding hydrogens is 912 g/mol. The van der Waals surface area contributed by atoms with Crippen molar-refractivity contribution in [3.63, 3.8) is 0 Å². The number of benzene rings is 3. The van der Waals surface area contributed by atoms with Gasteiger partial charge in [0.25, 0.3) is 17.7 Å². The number of carbonyl (C=O) groups excluding carboxylic acids is 6. The lowest BCUT2D eigenvalue weighted by Crippen LogP contribution is -2.55. The molecule has 3 saturated heterocycles. The number of alkyl halides is 3. The number of amides is 6. The molecule has 0 bridgehead atoms. The molecule has 0 radical (unpaired) electrons. The second kappa shape index (κ2) is 19.9. The third-order valence-corrected chi connectivity index (χ3v) is 12.9. The molecule has 22 heteroatoms. The summed E-state index contributed by atoms with van der Waals surface area (Å²) in [6.07, 6.45) is -2.07. The Bertz CT molecular complexity index is 2670. The van der Waals surface area contributed by atoms with Gasteiger partial charge in [0, 0.05) is 93.5 Å². The first-order valence-corrected chi connectivity index (χ1v) is 22.4. The zero-order chi connectivity index (χ0) is 49.3. The van der Waals surface area contributed by atoms with Gasteiger partial charge in [-0.2, -0.15) is 13.2 Å². The fourth-order valence-corrected chi connectivity index (χ4v) is 9.00. The normalized spacial score (nSPS) is 20.0. The minimum absolute atomic E-state index is 0.0108. The predicted octanol–water partition coefficient (Wildman–Crippen LogP) is 4.79. The van der Waals surface area contributed by atoms with Gasteiger partial charge in [0.15, 0.2) is 0 Å². The number of fused-ring (bicyclic) bond motifs is 1. The molecule has 3 atom stereocenters. The van der Waals surface area contributed by atoms with Gasteiger partial charge in [0.05, 0.1) is 53.3 Å². The lowest BCUT2D eigenvalue weighted by Gasteiger charge is -2.44. The van der Waals surface area contributed by atoms with Crippen LogP contribution >= 0.6 is 0 Å². The van der Waals surface area contributed by atoms with E-state index in [1.165, 1.54) is 30.6 Å². The monoisotopic (exact) mass is 960 g/mol. The van der Waals surface area contributed by atoms with E-state index >= 15 is 4.39 Å². The summed E-state index contributed by atoms with van der Waals surface area (Å²) < 4.78 is 77.5. The zero-order valence-electron chi connectivity index (χ0n) is 37.9. The van der Waals surface area contributed by atoms with Crippen molar-refractivity contribution < 1.29 is 55.5 Å². The fraction of sp³-hybridized carbons (Fsp3) is 0.404. The van der Waals surface area contributed by atoms with Crippen molar-refractivity contribution in [2.75, 3.05) is 86.5 Å². The van der Waals surface area contributed by atoms with Crippen LogP contribution in [0.5, 0.6) is 0 Å². The number of piperidine rings is 1. The number of piperazine rings is 2. The molecular formula is C47H49F5N10O7. The van der Waals surface area contributed by atoms with E-state index in [9.17, 15) is 46.3 Å². The lowest BCUT2D eigenvalue weighted by molar-refractivity contribution is -0.138. The van der Waals surface area contributed by atoms with Gasteiger partial charge in [-0.3, -0.25) is 43.9 Å². The summed E-state index contributed by atoms with van der Waals surface area (Å²) in [5, 5.41) is 7.82. The van der Waals surface area contributed by atoms with Crippen molar-refractivity contribution in [1.82, 2.24) is 30.0 Å². The third-order valence-electron chi connectivity index (χ3n) is 12.9. The maximum atomic E-state index is 16.1. The topological polar surface area (TPSA) is 190 Å². The van der Waals surface area contributed by atoms with Crippen molar-refractivity contribution in [2.24, 2.45) is 0 Å². The smallest absolute Gasteiger partial charge is 0.382 e. The molecule has 3 aromatic carbocycles. The second-order valence-corrected chi connectivity index (χ2v) is 17.4. The average Bonchev–Trinajstić information content (AvgIpc) is 3.57. The van der Waals surface area contributed by atoms with Gasteiger partial charge in [0.1, 0.15) is 17.7 Å². The van der Waals surface area contributed by atoms with E-state index in [-0.39, 0.29) is 96.7 Å². The second-order valence-electron chi connectivity index (χ2n) is 17.4. The number of rotatable bonds is 13. The van der Waals surface area contributed by atoms with E-state index in [0.29, 0.717) is 50.9 Å². The summed E-state index contributed by atoms with van der Waals surface area (Å²) in [7, 11) is 1.95. The number of carbonyl (C=O) groups is 6. The number of nitrogens with zero attached hydrogens (tertiary/aromatic N) is 7. The molecule has 3 fully saturated rings. The van der Waals surface area contributed by atoms with Gasteiger partial charge < -0.3 is 30.1 Å². The van der Waals surface area contributed by atoms with E-state index in [0.717, 1.165) is 17.0 Å². The van der Waals surface area contributed by atoms with Crippen molar-refractivity contribution in [3.8, 4) is 11.1 Å². The van der Waals surface area contributed by atoms with Crippen molar-refractivity contribution in [1.29, 1.82) is 0 Å². The number of ether oxygens (including phenoxy) is 1. The van der Waals surface area contributed by atoms with Crippen LogP contribution < -0.4 is 25.8 Å². The standard InChI is InChI=1S/C47H49F5N10O7/c1-26-24-61(25-27(2)58(26)3)38-21-34(49)32(20-36(38)56-42(65)30-8-7-29(48)19-33(30)47(50,51)52)28-22-54-46(55-23-28)60-15-13-59(14-16-60)40(64)11-17-69-18-12-53-35-6-4-5-31-41(35)45(68)62(44(31)67)37-9-10-39(63)57-43(37)66/h4-8,19-23,26-27,37,53H,9-18,24-25H2,1-3H3,(H,56,65)(H,57,63,66)/t26-,27+,37?. The minimum atomic E-state index is -5.03. The summed E-state index contributed by atoms with van der Waals surface area (Å²) in [5.74, 6) is -5.21. The SMILES string of the molecule is C[C@@H]1CN(c2cc(F)c(-c3cnc(N4CCN(C(=O)CCOCCNc5cccc6c5C(=O)N(C5CCC(=O)NC5=O)C6=O)CC4)nc3)cc2NC(=O)c2ccc(F)cc2C(F)(F)F)C[C@H](C)N1C. The number of likely N-dealkylation sites (N-methyl/N-ethyl adjacent to an activating group) is 1. The molecule has 0 spiro atoms. The van der Waals surface area contributed by atoms with Crippen LogP contribution in [0.4, 0.5) is 45.0 Å². The molecule has 4 aliphatic heterocycles. The summed E-state index contributed by atoms with van der Waals surface area (Å²) >= 11 is 0. The number of aromatic nitrogens is 2. The number of halogens is 5. The summed E-state index contributed by atoms with van der Waals surface area (Å²) in [5.41, 5.74) is -1.08. The van der Waals surface area contributed by atoms with Gasteiger partial charge in [-0.1, -0.05) is 6.07 Å². The molecule has 69 heavy (non-hydrogen) atoms. The minimum Gasteiger partial charge on any atom is -0.382 e. The number of nitrogens with one attached hydrogen (secondary N) is 3. The van der Waals surface area contributed by atoms with Crippen LogP contribution in [0.2, 0.25) is 0 Å². The molecule has 0 aliphatic carbocycles. The Balaban J connectivity index is 0.850. The molecule has 5 heterocycles. The number of hydrogen-bond acceptors (Lipinski definition) is 13. The van der Waals surface area contributed by atoms with E-state index in [1.807, 2.05) is 30.7 Å². The van der Waals surface area contributed by atoms with Crippen LogP contribution in [0.1, 0.15) is 69.7 Å². The van der Waals surface area contributed by atoms with Crippen molar-refractivity contribution in [2.45, 2.75) is 57.4 Å². The Labute approximate surface area is 393 Å². The predicted molar refractivity (Wildman–Crippen MR) is 242 cm³/mol. The molecule has 4 aliphatic rings. The molecule has 1 unspecified atom stereocenters. The van der Waals surface area contributed by atoms with Crippen LogP contribution in [0.25, 0.3) is 11.1 Å². The maximum absolute atomic E-state index is 16.1. The Morgan fingerprint density at radius 1 is 0.855 bits per heavy atom. The molecule has 8 rings (SSSR count). The average molecular weight is 961 g/mol. The van der Waals surface area contributed by atoms with Crippen LogP contribution in [0.3, 0.4) is 0 Å². The largest absolute Gasteiger partial charge is 0.417 e. The molecule has 17 nitrogen and oxygen atoms in total. The first kappa shape index (κ1) is 48.4. The Morgan fingerprint density at radius 2 is 1.57 bits per heavy atom. The number of imide groups is 2. The highest BCUT2D eigenvalue weighted by Gasteiger charge is 2.46. The maximum Gasteiger partial charge on any atom is 0.417 e. The quantitative estimate of drug-likeness (QED) is 0.0944. The van der Waals surface area contributed by atoms with Crippen LogP contribution in [-0.2, 0) is 25.3 Å². The van der Waals surface area contributed by atoms with Crippen LogP contribution in [-0.4, -0.2) is 144 Å². The summed E-state index contributed by atoms with van der Waals surface area (Å²) in [6, 6.07) is 8.03. The van der Waals surface area contributed by atoms with Gasteiger partial charge in [-0.05, 0) is 69.8 Å². The van der Waals surface area contributed by atoms with E-state index in [4.69, 9.17) is 4.74 Å². The molecule has 4 aromatic rings. The molecule has 6 amide bonds. The lowest BCUT2D eigenvalue weighted by atomic mass is 10.0. The highest BCUT2D eigenvalue weighted by molar-refractivity contribution is 6.25.